The third-order valence-electron chi connectivity index (χ3n) is 0.893. The summed E-state index contributed by atoms with van der Waals surface area (Å²) in [5.41, 5.74) is 0.586. The van der Waals surface area contributed by atoms with E-state index in [1.807, 2.05) is 0 Å². The molecule has 1 N–H and O–H groups in total. The molecule has 0 atom stereocenters. The lowest BCUT2D eigenvalue weighted by Gasteiger charge is -1.89. The second kappa shape index (κ2) is 3.17. The lowest BCUT2D eigenvalue weighted by atomic mass is 10.4. The molecule has 0 aromatic carbocycles. The third kappa shape index (κ3) is 1.70. The van der Waals surface area contributed by atoms with Crippen molar-refractivity contribution in [3.8, 4) is 0 Å². The van der Waals surface area contributed by atoms with Gasteiger partial charge in [-0.2, -0.15) is 0 Å². The first-order valence-electron chi connectivity index (χ1n) is 2.62. The van der Waals surface area contributed by atoms with Gasteiger partial charge in [-0.05, 0) is 23.7 Å². The molecule has 1 heterocycles. The zero-order chi connectivity index (χ0) is 7.40. The fourth-order valence-electron chi connectivity index (χ4n) is 0.517. The van der Waals surface area contributed by atoms with Crippen LogP contribution in [-0.2, 0) is 0 Å². The summed E-state index contributed by atoms with van der Waals surface area (Å²) in [5, 5.41) is 8.50. The Hall–Kier alpha value is -1.09. The minimum absolute atomic E-state index is 0.176. The van der Waals surface area contributed by atoms with Crippen molar-refractivity contribution in [2.24, 2.45) is 0 Å². The van der Waals surface area contributed by atoms with Gasteiger partial charge in [-0.15, -0.1) is 0 Å². The minimum atomic E-state index is 0.176. The fourth-order valence-corrected chi connectivity index (χ4v) is 0.671. The summed E-state index contributed by atoms with van der Waals surface area (Å²) in [6, 6.07) is 1.64. The second-order valence-corrected chi connectivity index (χ2v) is 1.90. The van der Waals surface area contributed by atoms with Crippen molar-refractivity contribution < 1.29 is 5.11 Å². The number of hydrogen-bond acceptors (Lipinski definition) is 3. The van der Waals surface area contributed by atoms with E-state index in [4.69, 9.17) is 16.7 Å². The van der Waals surface area contributed by atoms with Gasteiger partial charge >= 0.3 is 0 Å². The minimum Gasteiger partial charge on any atom is -0.516 e. The number of hydrogen-bond donors (Lipinski definition) is 1. The van der Waals surface area contributed by atoms with E-state index in [1.165, 1.54) is 12.3 Å². The maximum absolute atomic E-state index is 8.33. The van der Waals surface area contributed by atoms with Crippen LogP contribution in [0.1, 0.15) is 5.69 Å². The van der Waals surface area contributed by atoms with Crippen molar-refractivity contribution in [2.45, 2.75) is 0 Å². The average Bonchev–Trinajstić information content (AvgIpc) is 1.88. The van der Waals surface area contributed by atoms with Crippen LogP contribution in [0.2, 0.25) is 5.28 Å². The van der Waals surface area contributed by atoms with Crippen LogP contribution in [-0.4, -0.2) is 15.1 Å². The van der Waals surface area contributed by atoms with Gasteiger partial charge in [0.2, 0.25) is 5.28 Å². The first kappa shape index (κ1) is 7.02. The molecule has 4 heteroatoms. The van der Waals surface area contributed by atoms with Crippen LogP contribution in [0.4, 0.5) is 0 Å². The molecule has 3 nitrogen and oxygen atoms in total. The molecule has 0 saturated carbocycles. The van der Waals surface area contributed by atoms with E-state index in [2.05, 4.69) is 9.97 Å². The van der Waals surface area contributed by atoms with Gasteiger partial charge < -0.3 is 5.11 Å². The van der Waals surface area contributed by atoms with E-state index < -0.39 is 0 Å². The van der Waals surface area contributed by atoms with Crippen LogP contribution < -0.4 is 0 Å². The van der Waals surface area contributed by atoms with Crippen LogP contribution in [0.3, 0.4) is 0 Å². The van der Waals surface area contributed by atoms with E-state index in [-0.39, 0.29) is 5.28 Å². The fraction of sp³-hybridized carbons (Fsp3) is 0. The Labute approximate surface area is 63.0 Å². The predicted molar refractivity (Wildman–Crippen MR) is 38.7 cm³/mol. The highest BCUT2D eigenvalue weighted by Crippen LogP contribution is 2.01. The summed E-state index contributed by atoms with van der Waals surface area (Å²) >= 11 is 5.44. The normalized spacial score (nSPS) is 10.5. The first-order valence-corrected chi connectivity index (χ1v) is 3.00. The summed E-state index contributed by atoms with van der Waals surface area (Å²) in [7, 11) is 0. The molecule has 0 aliphatic heterocycles. The van der Waals surface area contributed by atoms with Gasteiger partial charge in [-0.3, -0.25) is 0 Å². The molecule has 0 bridgehead atoms. The Bertz CT molecular complexity index is 249. The molecular formula is C6H5ClN2O. The van der Waals surface area contributed by atoms with E-state index >= 15 is 0 Å². The van der Waals surface area contributed by atoms with Crippen molar-refractivity contribution in [2.75, 3.05) is 0 Å². The largest absolute Gasteiger partial charge is 0.516 e. The molecule has 1 aromatic rings. The average molecular weight is 157 g/mol. The van der Waals surface area contributed by atoms with Crippen LogP contribution in [0.5, 0.6) is 0 Å². The molecule has 0 fully saturated rings. The molecule has 0 spiro atoms. The van der Waals surface area contributed by atoms with Crippen molar-refractivity contribution in [3.63, 3.8) is 0 Å². The van der Waals surface area contributed by atoms with Crippen molar-refractivity contribution in [1.29, 1.82) is 0 Å². The Morgan fingerprint density at radius 2 is 2.40 bits per heavy atom. The molecule has 1 rings (SSSR count). The summed E-state index contributed by atoms with van der Waals surface area (Å²) in [5.74, 6) is 0. The van der Waals surface area contributed by atoms with E-state index in [0.717, 1.165) is 6.26 Å². The predicted octanol–water partition coefficient (Wildman–Crippen LogP) is 1.66. The maximum atomic E-state index is 8.33. The van der Waals surface area contributed by atoms with Crippen molar-refractivity contribution >= 4 is 17.7 Å². The molecule has 0 aliphatic rings. The Kier molecular flexibility index (Phi) is 2.23. The number of nitrogens with zero attached hydrogens (tertiary/aromatic N) is 2. The highest BCUT2D eigenvalue weighted by molar-refractivity contribution is 6.28. The standard InChI is InChI=1S/C6H5ClN2O/c7-6-8-3-1-5(9-6)2-4-10/h1-4,10H. The Morgan fingerprint density at radius 3 is 3.00 bits per heavy atom. The molecule has 52 valence electrons. The molecular weight excluding hydrogens is 152 g/mol. The highest BCUT2D eigenvalue weighted by Gasteiger charge is 1.89. The topological polar surface area (TPSA) is 46.0 Å². The van der Waals surface area contributed by atoms with Crippen LogP contribution >= 0.6 is 11.6 Å². The number of halogens is 1. The third-order valence-corrected chi connectivity index (χ3v) is 1.08. The Balaban J connectivity index is 2.95. The number of aliphatic hydroxyl groups excluding tert-OH is 1. The second-order valence-electron chi connectivity index (χ2n) is 1.57. The smallest absolute Gasteiger partial charge is 0.222 e. The maximum Gasteiger partial charge on any atom is 0.222 e. The van der Waals surface area contributed by atoms with E-state index in [0.29, 0.717) is 5.69 Å². The molecule has 0 radical (unpaired) electrons. The monoisotopic (exact) mass is 156 g/mol. The zero-order valence-electron chi connectivity index (χ0n) is 5.03. The SMILES string of the molecule is OC=Cc1ccnc(Cl)n1. The molecule has 0 saturated heterocycles. The van der Waals surface area contributed by atoms with Gasteiger partial charge in [0.05, 0.1) is 12.0 Å². The molecule has 0 amide bonds. The Morgan fingerprint density at radius 1 is 1.60 bits per heavy atom. The first-order chi connectivity index (χ1) is 4.83. The zero-order valence-corrected chi connectivity index (χ0v) is 5.78. The lowest BCUT2D eigenvalue weighted by molar-refractivity contribution is 0.478. The molecule has 10 heavy (non-hydrogen) atoms. The summed E-state index contributed by atoms with van der Waals surface area (Å²) in [6.45, 7) is 0. The highest BCUT2D eigenvalue weighted by atomic mass is 35.5. The van der Waals surface area contributed by atoms with Crippen LogP contribution in [0.15, 0.2) is 18.5 Å². The van der Waals surface area contributed by atoms with Gasteiger partial charge in [0.1, 0.15) is 0 Å². The van der Waals surface area contributed by atoms with Gasteiger partial charge in [-0.25, -0.2) is 9.97 Å². The van der Waals surface area contributed by atoms with Gasteiger partial charge in [0.25, 0.3) is 0 Å². The molecule has 1 aromatic heterocycles. The summed E-state index contributed by atoms with van der Waals surface area (Å²) < 4.78 is 0. The van der Waals surface area contributed by atoms with Crippen molar-refractivity contribution in [3.05, 3.63) is 29.5 Å². The van der Waals surface area contributed by atoms with E-state index in [1.54, 1.807) is 6.07 Å². The summed E-state index contributed by atoms with van der Waals surface area (Å²) in [4.78, 5) is 7.43. The molecule has 0 unspecified atom stereocenters. The molecule has 0 aliphatic carbocycles. The van der Waals surface area contributed by atoms with E-state index in [9.17, 15) is 0 Å². The van der Waals surface area contributed by atoms with Gasteiger partial charge in [0, 0.05) is 6.20 Å². The van der Waals surface area contributed by atoms with Gasteiger partial charge in [0.15, 0.2) is 0 Å². The van der Waals surface area contributed by atoms with Crippen LogP contribution in [0, 0.1) is 0 Å². The number of aliphatic hydroxyl groups is 1. The quantitative estimate of drug-likeness (QED) is 0.497. The number of rotatable bonds is 1. The summed E-state index contributed by atoms with van der Waals surface area (Å²) in [6.07, 6.45) is 3.84. The van der Waals surface area contributed by atoms with Crippen molar-refractivity contribution in [1.82, 2.24) is 9.97 Å². The van der Waals surface area contributed by atoms with Gasteiger partial charge in [-0.1, -0.05) is 0 Å². The van der Waals surface area contributed by atoms with Crippen LogP contribution in [0.25, 0.3) is 6.08 Å². The number of aromatic nitrogens is 2. The lowest BCUT2D eigenvalue weighted by Crippen LogP contribution is -1.83.